The van der Waals surface area contributed by atoms with Gasteiger partial charge in [0.1, 0.15) is 5.82 Å². The third-order valence-electron chi connectivity index (χ3n) is 3.22. The number of piperazine rings is 1. The summed E-state index contributed by atoms with van der Waals surface area (Å²) in [6.45, 7) is 3.78. The maximum absolute atomic E-state index is 14.1. The lowest BCUT2D eigenvalue weighted by Gasteiger charge is -2.36. The Hall–Kier alpha value is -1.72. The number of hydrogen-bond acceptors (Lipinski definition) is 4. The van der Waals surface area contributed by atoms with Crippen molar-refractivity contribution in [1.29, 1.82) is 0 Å². The highest BCUT2D eigenvalue weighted by molar-refractivity contribution is 9.10. The molecule has 1 amide bonds. The van der Waals surface area contributed by atoms with Crippen molar-refractivity contribution in [3.63, 3.8) is 0 Å². The van der Waals surface area contributed by atoms with Crippen molar-refractivity contribution >= 4 is 39.3 Å². The van der Waals surface area contributed by atoms with Gasteiger partial charge in [0.15, 0.2) is 0 Å². The number of nitrogens with zero attached hydrogens (tertiary/aromatic N) is 3. The molecule has 1 fully saturated rings. The van der Waals surface area contributed by atoms with Gasteiger partial charge in [-0.15, -0.1) is 0 Å². The molecule has 0 N–H and O–H groups in total. The Labute approximate surface area is 124 Å². The van der Waals surface area contributed by atoms with Gasteiger partial charge in [0, 0.05) is 43.6 Å². The van der Waals surface area contributed by atoms with E-state index in [1.807, 2.05) is 4.90 Å². The summed E-state index contributed by atoms with van der Waals surface area (Å²) in [5.41, 5.74) is 0.647. The average molecular weight is 342 g/mol. The fourth-order valence-electron chi connectivity index (χ4n) is 2.22. The lowest BCUT2D eigenvalue weighted by Crippen LogP contribution is -2.48. The van der Waals surface area contributed by atoms with E-state index in [4.69, 9.17) is 0 Å². The van der Waals surface area contributed by atoms with Crippen molar-refractivity contribution < 1.29 is 14.0 Å². The van der Waals surface area contributed by atoms with Gasteiger partial charge >= 0.3 is 0 Å². The van der Waals surface area contributed by atoms with Crippen LogP contribution in [0.3, 0.4) is 0 Å². The van der Waals surface area contributed by atoms with Crippen molar-refractivity contribution in [3.05, 3.63) is 22.4 Å². The largest absolute Gasteiger partial charge is 0.365 e. The zero-order chi connectivity index (χ0) is 14.7. The number of hydrogen-bond donors (Lipinski definition) is 0. The number of amides is 1. The SMILES string of the molecule is CC(=O)N1CCN(c2c(F)cc(N=C=O)cc2Br)CC1. The average Bonchev–Trinajstić information content (AvgIpc) is 2.39. The highest BCUT2D eigenvalue weighted by atomic mass is 79.9. The maximum atomic E-state index is 14.1. The van der Waals surface area contributed by atoms with Crippen LogP contribution in [0.5, 0.6) is 0 Å². The summed E-state index contributed by atoms with van der Waals surface area (Å²) in [5, 5.41) is 0. The highest BCUT2D eigenvalue weighted by Crippen LogP contribution is 2.34. The molecule has 0 saturated carbocycles. The fourth-order valence-corrected chi connectivity index (χ4v) is 2.89. The van der Waals surface area contributed by atoms with Gasteiger partial charge in [-0.2, -0.15) is 4.99 Å². The van der Waals surface area contributed by atoms with Gasteiger partial charge in [-0.05, 0) is 22.0 Å². The topological polar surface area (TPSA) is 53.0 Å². The summed E-state index contributed by atoms with van der Waals surface area (Å²) >= 11 is 3.30. The molecule has 5 nitrogen and oxygen atoms in total. The van der Waals surface area contributed by atoms with Crippen LogP contribution < -0.4 is 4.90 Å². The maximum Gasteiger partial charge on any atom is 0.240 e. The molecule has 0 unspecified atom stereocenters. The number of halogens is 2. The van der Waals surface area contributed by atoms with E-state index in [2.05, 4.69) is 20.9 Å². The molecular formula is C13H13BrFN3O2. The standard InChI is InChI=1S/C13H13BrFN3O2/c1-9(20)17-2-4-18(5-3-17)13-11(14)6-10(16-8-19)7-12(13)15/h6-7H,2-5H2,1H3. The van der Waals surface area contributed by atoms with Gasteiger partial charge < -0.3 is 9.80 Å². The van der Waals surface area contributed by atoms with Crippen molar-refractivity contribution in [2.45, 2.75) is 6.92 Å². The molecule has 7 heteroatoms. The van der Waals surface area contributed by atoms with Crippen molar-refractivity contribution in [1.82, 2.24) is 4.90 Å². The third-order valence-corrected chi connectivity index (χ3v) is 3.82. The minimum absolute atomic E-state index is 0.0276. The minimum Gasteiger partial charge on any atom is -0.365 e. The zero-order valence-electron chi connectivity index (χ0n) is 10.9. The summed E-state index contributed by atoms with van der Waals surface area (Å²) < 4.78 is 14.7. The van der Waals surface area contributed by atoms with Crippen LogP contribution >= 0.6 is 15.9 Å². The van der Waals surface area contributed by atoms with Crippen LogP contribution in [0.1, 0.15) is 6.92 Å². The molecule has 106 valence electrons. The molecule has 1 saturated heterocycles. The fraction of sp³-hybridized carbons (Fsp3) is 0.385. The number of carbonyl (C=O) groups is 1. The van der Waals surface area contributed by atoms with E-state index < -0.39 is 5.82 Å². The Bertz CT molecular complexity index is 556. The second-order valence-corrected chi connectivity index (χ2v) is 5.31. The molecule has 0 aromatic heterocycles. The van der Waals surface area contributed by atoms with E-state index in [1.54, 1.807) is 11.0 Å². The van der Waals surface area contributed by atoms with E-state index in [-0.39, 0.29) is 11.6 Å². The first kappa shape index (κ1) is 14.7. The third kappa shape index (κ3) is 3.05. The quantitative estimate of drug-likeness (QED) is 0.612. The number of isocyanates is 1. The normalized spacial score (nSPS) is 14.9. The van der Waals surface area contributed by atoms with E-state index in [0.717, 1.165) is 0 Å². The summed E-state index contributed by atoms with van der Waals surface area (Å²) in [4.78, 5) is 28.5. The summed E-state index contributed by atoms with van der Waals surface area (Å²) in [5.74, 6) is -0.426. The molecular weight excluding hydrogens is 329 g/mol. The summed E-state index contributed by atoms with van der Waals surface area (Å²) in [6.07, 6.45) is 1.39. The molecule has 20 heavy (non-hydrogen) atoms. The van der Waals surface area contributed by atoms with E-state index in [1.165, 1.54) is 19.1 Å². The number of benzene rings is 1. The summed E-state index contributed by atoms with van der Waals surface area (Å²) in [6, 6.07) is 2.77. The first-order valence-electron chi connectivity index (χ1n) is 6.10. The number of anilines is 1. The first-order chi connectivity index (χ1) is 9.52. The van der Waals surface area contributed by atoms with Crippen LogP contribution in [-0.4, -0.2) is 43.1 Å². The van der Waals surface area contributed by atoms with Crippen LogP contribution in [0.4, 0.5) is 15.8 Å². The Morgan fingerprint density at radius 2 is 2.00 bits per heavy atom. The smallest absolute Gasteiger partial charge is 0.240 e. The molecule has 1 aromatic carbocycles. The van der Waals surface area contributed by atoms with Gasteiger partial charge in [0.2, 0.25) is 12.0 Å². The summed E-state index contributed by atoms with van der Waals surface area (Å²) in [7, 11) is 0. The first-order valence-corrected chi connectivity index (χ1v) is 6.89. The monoisotopic (exact) mass is 341 g/mol. The Kier molecular flexibility index (Phi) is 4.52. The van der Waals surface area contributed by atoms with Crippen LogP contribution in [0.25, 0.3) is 0 Å². The lowest BCUT2D eigenvalue weighted by molar-refractivity contribution is -0.129. The molecule has 1 aromatic rings. The number of rotatable bonds is 2. The molecule has 0 spiro atoms. The molecule has 2 rings (SSSR count). The van der Waals surface area contributed by atoms with Crippen LogP contribution in [0.2, 0.25) is 0 Å². The lowest BCUT2D eigenvalue weighted by atomic mass is 10.2. The molecule has 0 atom stereocenters. The molecule has 0 aliphatic carbocycles. The Balaban J connectivity index is 2.22. The van der Waals surface area contributed by atoms with E-state index in [9.17, 15) is 14.0 Å². The molecule has 0 radical (unpaired) electrons. The van der Waals surface area contributed by atoms with E-state index >= 15 is 0 Å². The van der Waals surface area contributed by atoms with Crippen LogP contribution in [0, 0.1) is 5.82 Å². The van der Waals surface area contributed by atoms with Crippen molar-refractivity contribution in [2.24, 2.45) is 4.99 Å². The number of carbonyl (C=O) groups excluding carboxylic acids is 2. The van der Waals surface area contributed by atoms with Gasteiger partial charge in [-0.3, -0.25) is 4.79 Å². The second-order valence-electron chi connectivity index (χ2n) is 4.45. The molecule has 0 bridgehead atoms. The Morgan fingerprint density at radius 1 is 1.35 bits per heavy atom. The highest BCUT2D eigenvalue weighted by Gasteiger charge is 2.23. The van der Waals surface area contributed by atoms with Crippen LogP contribution in [0.15, 0.2) is 21.6 Å². The van der Waals surface area contributed by atoms with Crippen molar-refractivity contribution in [2.75, 3.05) is 31.1 Å². The molecule has 1 aliphatic heterocycles. The van der Waals surface area contributed by atoms with Gasteiger partial charge in [-0.25, -0.2) is 9.18 Å². The predicted octanol–water partition coefficient (Wildman–Crippen LogP) is 2.22. The zero-order valence-corrected chi connectivity index (χ0v) is 12.5. The van der Waals surface area contributed by atoms with Gasteiger partial charge in [0.25, 0.3) is 0 Å². The molecule has 1 heterocycles. The molecule has 1 aliphatic rings. The van der Waals surface area contributed by atoms with E-state index in [0.29, 0.717) is 36.3 Å². The minimum atomic E-state index is -0.454. The van der Waals surface area contributed by atoms with Crippen molar-refractivity contribution in [3.8, 4) is 0 Å². The number of aliphatic imine (C=N–C) groups is 1. The predicted molar refractivity (Wildman–Crippen MR) is 76.3 cm³/mol. The Morgan fingerprint density at radius 3 is 2.50 bits per heavy atom. The van der Waals surface area contributed by atoms with Crippen LogP contribution in [-0.2, 0) is 9.59 Å². The second kappa shape index (κ2) is 6.15. The van der Waals surface area contributed by atoms with Gasteiger partial charge in [-0.1, -0.05) is 0 Å². The van der Waals surface area contributed by atoms with Gasteiger partial charge in [0.05, 0.1) is 11.4 Å².